The molecule has 3 rings (SSSR count). The summed E-state index contributed by atoms with van der Waals surface area (Å²) in [5, 5.41) is 10.4. The molecule has 1 saturated heterocycles. The summed E-state index contributed by atoms with van der Waals surface area (Å²) in [6, 6.07) is 12.2. The zero-order chi connectivity index (χ0) is 18.5. The second-order valence-electron chi connectivity index (χ2n) is 6.93. The van der Waals surface area contributed by atoms with Crippen molar-refractivity contribution in [2.75, 3.05) is 26.2 Å². The molecular formula is C21H24N4O. The SMILES string of the molecule is CC(C)[C@H](C#N)N1CCN(C(=O)/C=C\c2cccc3cccnc23)CC1. The van der Waals surface area contributed by atoms with Crippen molar-refractivity contribution in [3.05, 3.63) is 48.2 Å². The van der Waals surface area contributed by atoms with E-state index in [2.05, 4.69) is 29.8 Å². The van der Waals surface area contributed by atoms with Gasteiger partial charge in [-0.15, -0.1) is 0 Å². The van der Waals surface area contributed by atoms with Crippen molar-refractivity contribution in [3.63, 3.8) is 0 Å². The fourth-order valence-electron chi connectivity index (χ4n) is 3.40. The Labute approximate surface area is 154 Å². The number of amides is 1. The fraction of sp³-hybridized carbons (Fsp3) is 0.381. The second kappa shape index (κ2) is 8.11. The predicted molar refractivity (Wildman–Crippen MR) is 103 cm³/mol. The number of nitrogens with zero attached hydrogens (tertiary/aromatic N) is 4. The largest absolute Gasteiger partial charge is 0.337 e. The smallest absolute Gasteiger partial charge is 0.246 e. The zero-order valence-electron chi connectivity index (χ0n) is 15.3. The normalized spacial score (nSPS) is 16.9. The van der Waals surface area contributed by atoms with Gasteiger partial charge in [0, 0.05) is 49.4 Å². The quantitative estimate of drug-likeness (QED) is 0.797. The standard InChI is InChI=1S/C21H24N4O/c1-16(2)19(15-22)24-11-13-25(14-12-24)20(26)9-8-18-6-3-5-17-7-4-10-23-21(17)18/h3-10,16,19H,11-14H2,1-2H3/b9-8-/t19-/m0/s1. The molecule has 0 spiro atoms. The fourth-order valence-corrected chi connectivity index (χ4v) is 3.40. The number of carbonyl (C=O) groups is 1. The third-order valence-corrected chi connectivity index (χ3v) is 4.85. The number of carbonyl (C=O) groups excluding carboxylic acids is 1. The van der Waals surface area contributed by atoms with E-state index in [1.807, 2.05) is 41.3 Å². The second-order valence-corrected chi connectivity index (χ2v) is 6.93. The van der Waals surface area contributed by atoms with Crippen LogP contribution in [0.1, 0.15) is 19.4 Å². The Kier molecular flexibility index (Phi) is 5.65. The van der Waals surface area contributed by atoms with Gasteiger partial charge in [-0.1, -0.05) is 38.1 Å². The summed E-state index contributed by atoms with van der Waals surface area (Å²) in [5.41, 5.74) is 1.84. The number of rotatable bonds is 4. The van der Waals surface area contributed by atoms with Gasteiger partial charge in [-0.25, -0.2) is 0 Å². The van der Waals surface area contributed by atoms with E-state index in [1.54, 1.807) is 12.3 Å². The van der Waals surface area contributed by atoms with Crippen molar-refractivity contribution in [2.45, 2.75) is 19.9 Å². The summed E-state index contributed by atoms with van der Waals surface area (Å²) >= 11 is 0. The molecule has 2 aromatic rings. The molecule has 0 unspecified atom stereocenters. The maximum absolute atomic E-state index is 12.5. The lowest BCUT2D eigenvalue weighted by Crippen LogP contribution is -2.52. The molecule has 2 heterocycles. The van der Waals surface area contributed by atoms with Crippen LogP contribution in [0, 0.1) is 17.2 Å². The van der Waals surface area contributed by atoms with Gasteiger partial charge >= 0.3 is 0 Å². The molecule has 1 aromatic heterocycles. The van der Waals surface area contributed by atoms with Crippen LogP contribution in [-0.4, -0.2) is 52.9 Å². The van der Waals surface area contributed by atoms with Crippen molar-refractivity contribution in [1.82, 2.24) is 14.8 Å². The van der Waals surface area contributed by atoms with Crippen molar-refractivity contribution in [3.8, 4) is 6.07 Å². The number of fused-ring (bicyclic) bond motifs is 1. The van der Waals surface area contributed by atoms with E-state index in [4.69, 9.17) is 0 Å². The molecule has 0 saturated carbocycles. The molecule has 0 radical (unpaired) electrons. The van der Waals surface area contributed by atoms with Crippen LogP contribution in [0.4, 0.5) is 0 Å². The van der Waals surface area contributed by atoms with Crippen LogP contribution in [0.25, 0.3) is 17.0 Å². The number of pyridine rings is 1. The topological polar surface area (TPSA) is 60.2 Å². The minimum Gasteiger partial charge on any atom is -0.337 e. The minimum absolute atomic E-state index is 0.00985. The Morgan fingerprint density at radius 2 is 1.92 bits per heavy atom. The maximum atomic E-state index is 12.5. The number of piperazine rings is 1. The lowest BCUT2D eigenvalue weighted by molar-refractivity contribution is -0.127. The molecule has 1 fully saturated rings. The maximum Gasteiger partial charge on any atom is 0.246 e. The molecule has 0 N–H and O–H groups in total. The van der Waals surface area contributed by atoms with Gasteiger partial charge in [-0.05, 0) is 18.1 Å². The Morgan fingerprint density at radius 3 is 2.62 bits per heavy atom. The number of benzene rings is 1. The highest BCUT2D eigenvalue weighted by Gasteiger charge is 2.26. The van der Waals surface area contributed by atoms with E-state index >= 15 is 0 Å². The Hall–Kier alpha value is -2.71. The van der Waals surface area contributed by atoms with E-state index < -0.39 is 0 Å². The average Bonchev–Trinajstić information content (AvgIpc) is 2.67. The molecule has 1 aliphatic rings. The van der Waals surface area contributed by atoms with Crippen LogP contribution in [0.2, 0.25) is 0 Å². The van der Waals surface area contributed by atoms with Gasteiger partial charge < -0.3 is 4.90 Å². The molecule has 0 bridgehead atoms. The number of hydrogen-bond donors (Lipinski definition) is 0. The van der Waals surface area contributed by atoms with Gasteiger partial charge in [0.1, 0.15) is 6.04 Å². The Morgan fingerprint density at radius 1 is 1.19 bits per heavy atom. The van der Waals surface area contributed by atoms with E-state index in [9.17, 15) is 10.1 Å². The van der Waals surface area contributed by atoms with E-state index in [1.165, 1.54) is 0 Å². The average molecular weight is 348 g/mol. The molecule has 134 valence electrons. The van der Waals surface area contributed by atoms with Crippen LogP contribution in [0.5, 0.6) is 0 Å². The number of nitriles is 1. The van der Waals surface area contributed by atoms with E-state index in [0.717, 1.165) is 29.6 Å². The lowest BCUT2D eigenvalue weighted by atomic mass is 10.0. The van der Waals surface area contributed by atoms with Crippen LogP contribution in [-0.2, 0) is 4.79 Å². The van der Waals surface area contributed by atoms with Gasteiger partial charge in [-0.3, -0.25) is 14.7 Å². The summed E-state index contributed by atoms with van der Waals surface area (Å²) in [6.07, 6.45) is 5.24. The van der Waals surface area contributed by atoms with E-state index in [-0.39, 0.29) is 11.9 Å². The van der Waals surface area contributed by atoms with Gasteiger partial charge in [0.15, 0.2) is 0 Å². The first-order valence-corrected chi connectivity index (χ1v) is 9.04. The van der Waals surface area contributed by atoms with Crippen LogP contribution >= 0.6 is 0 Å². The number of hydrogen-bond acceptors (Lipinski definition) is 4. The third-order valence-electron chi connectivity index (χ3n) is 4.85. The highest BCUT2D eigenvalue weighted by molar-refractivity contribution is 5.95. The molecule has 1 amide bonds. The van der Waals surface area contributed by atoms with Crippen molar-refractivity contribution >= 4 is 22.9 Å². The number of aromatic nitrogens is 1. The first-order valence-electron chi connectivity index (χ1n) is 9.04. The molecule has 1 aromatic carbocycles. The van der Waals surface area contributed by atoms with E-state index in [0.29, 0.717) is 19.0 Å². The summed E-state index contributed by atoms with van der Waals surface area (Å²) in [5.74, 6) is 0.302. The van der Waals surface area contributed by atoms with Crippen LogP contribution in [0.3, 0.4) is 0 Å². The molecule has 1 atom stereocenters. The summed E-state index contributed by atoms with van der Waals surface area (Å²) in [4.78, 5) is 21.0. The molecular weight excluding hydrogens is 324 g/mol. The lowest BCUT2D eigenvalue weighted by Gasteiger charge is -2.37. The Balaban J connectivity index is 1.64. The van der Waals surface area contributed by atoms with Gasteiger partial charge in [-0.2, -0.15) is 5.26 Å². The van der Waals surface area contributed by atoms with Gasteiger partial charge in [0.05, 0.1) is 11.6 Å². The van der Waals surface area contributed by atoms with Gasteiger partial charge in [0.2, 0.25) is 5.91 Å². The molecule has 26 heavy (non-hydrogen) atoms. The van der Waals surface area contributed by atoms with Crippen LogP contribution < -0.4 is 0 Å². The molecule has 0 aliphatic carbocycles. The highest BCUT2D eigenvalue weighted by atomic mass is 16.2. The zero-order valence-corrected chi connectivity index (χ0v) is 15.3. The molecule has 5 heteroatoms. The van der Waals surface area contributed by atoms with Gasteiger partial charge in [0.25, 0.3) is 0 Å². The van der Waals surface area contributed by atoms with Crippen molar-refractivity contribution in [2.24, 2.45) is 5.92 Å². The molecule has 1 aliphatic heterocycles. The monoisotopic (exact) mass is 348 g/mol. The van der Waals surface area contributed by atoms with Crippen molar-refractivity contribution in [1.29, 1.82) is 5.26 Å². The minimum atomic E-state index is -0.0791. The van der Waals surface area contributed by atoms with Crippen LogP contribution in [0.15, 0.2) is 42.6 Å². The first-order chi connectivity index (χ1) is 12.6. The first kappa shape index (κ1) is 18.1. The summed E-state index contributed by atoms with van der Waals surface area (Å²) < 4.78 is 0. The van der Waals surface area contributed by atoms with Crippen molar-refractivity contribution < 1.29 is 4.79 Å². The predicted octanol–water partition coefficient (Wildman–Crippen LogP) is 2.94. The third kappa shape index (κ3) is 3.92. The summed E-state index contributed by atoms with van der Waals surface area (Å²) in [6.45, 7) is 6.92. The molecule has 5 nitrogen and oxygen atoms in total. The Bertz CT molecular complexity index is 839. The number of para-hydroxylation sites is 1. The highest BCUT2D eigenvalue weighted by Crippen LogP contribution is 2.18. The summed E-state index contributed by atoms with van der Waals surface area (Å²) in [7, 11) is 0.